The van der Waals surface area contributed by atoms with Gasteiger partial charge < -0.3 is 14.7 Å². The van der Waals surface area contributed by atoms with Crippen LogP contribution in [0.5, 0.6) is 0 Å². The standard InChI is InChI=1S/C28H37BrN4O3/c1-5-36-31-25(21-6-8-23(29)9-7-21)22-10-14-33(15-11-22)28(4)12-16-32(17-13-28)27(35)24-19(2)18-20(3)30-26(24)34/h6-9,18,22H,5,10-17H2,1-4H3,(H,30,34)/b31-25+. The zero-order chi connectivity index (χ0) is 25.9. The fourth-order valence-corrected chi connectivity index (χ4v) is 5.86. The van der Waals surface area contributed by atoms with Crippen LogP contribution in [0.3, 0.4) is 0 Å². The van der Waals surface area contributed by atoms with E-state index in [-0.39, 0.29) is 22.6 Å². The summed E-state index contributed by atoms with van der Waals surface area (Å²) in [7, 11) is 0. The Morgan fingerprint density at radius 3 is 2.36 bits per heavy atom. The summed E-state index contributed by atoms with van der Waals surface area (Å²) >= 11 is 3.52. The number of benzene rings is 1. The van der Waals surface area contributed by atoms with Crippen LogP contribution in [0.2, 0.25) is 0 Å². The van der Waals surface area contributed by atoms with Crippen molar-refractivity contribution >= 4 is 27.5 Å². The normalized spacial score (nSPS) is 19.4. The number of halogens is 1. The molecule has 0 saturated carbocycles. The number of carbonyl (C=O) groups is 1. The van der Waals surface area contributed by atoms with Gasteiger partial charge in [-0.05, 0) is 95.8 Å². The van der Waals surface area contributed by atoms with Gasteiger partial charge in [-0.3, -0.25) is 14.5 Å². The second kappa shape index (κ2) is 11.3. The second-order valence-corrected chi connectivity index (χ2v) is 11.2. The fourth-order valence-electron chi connectivity index (χ4n) is 5.60. The Bertz CT molecular complexity index is 1160. The first-order valence-corrected chi connectivity index (χ1v) is 13.7. The Labute approximate surface area is 222 Å². The van der Waals surface area contributed by atoms with E-state index in [1.807, 2.05) is 43.9 Å². The number of carbonyl (C=O) groups excluding carboxylic acids is 1. The minimum atomic E-state index is -0.289. The number of rotatable bonds is 6. The molecular weight excluding hydrogens is 520 g/mol. The molecular formula is C28H37BrN4O3. The molecule has 0 radical (unpaired) electrons. The maximum atomic E-state index is 13.2. The van der Waals surface area contributed by atoms with Crippen LogP contribution in [-0.4, -0.2) is 64.7 Å². The van der Waals surface area contributed by atoms with Gasteiger partial charge in [0.25, 0.3) is 11.5 Å². The van der Waals surface area contributed by atoms with Gasteiger partial charge in [-0.1, -0.05) is 33.2 Å². The molecule has 36 heavy (non-hydrogen) atoms. The SMILES string of the molecule is CCO/N=C(\c1ccc(Br)cc1)C1CCN(C2(C)CCN(C(=O)c3c(C)cc(C)[nH]c3=O)CC2)CC1. The van der Waals surface area contributed by atoms with E-state index < -0.39 is 0 Å². The van der Waals surface area contributed by atoms with Gasteiger partial charge in [0, 0.05) is 34.7 Å². The highest BCUT2D eigenvalue weighted by atomic mass is 79.9. The number of piperidine rings is 2. The van der Waals surface area contributed by atoms with Gasteiger partial charge in [-0.2, -0.15) is 0 Å². The summed E-state index contributed by atoms with van der Waals surface area (Å²) in [4.78, 5) is 38.3. The molecule has 0 unspecified atom stereocenters. The van der Waals surface area contributed by atoms with Crippen LogP contribution in [-0.2, 0) is 4.84 Å². The first-order chi connectivity index (χ1) is 17.2. The van der Waals surface area contributed by atoms with Crippen molar-refractivity contribution in [2.24, 2.45) is 11.1 Å². The molecule has 0 aliphatic carbocycles. The summed E-state index contributed by atoms with van der Waals surface area (Å²) in [6.45, 7) is 11.8. The molecule has 3 heterocycles. The lowest BCUT2D eigenvalue weighted by molar-refractivity contribution is 0.0161. The zero-order valence-electron chi connectivity index (χ0n) is 21.8. The molecule has 194 valence electrons. The number of aromatic nitrogens is 1. The Morgan fingerprint density at radius 2 is 1.78 bits per heavy atom. The number of aryl methyl sites for hydroxylation is 2. The number of hydrogen-bond acceptors (Lipinski definition) is 5. The average Bonchev–Trinajstić information content (AvgIpc) is 2.85. The Hall–Kier alpha value is -2.45. The maximum Gasteiger partial charge on any atom is 0.261 e. The minimum Gasteiger partial charge on any atom is -0.396 e. The highest BCUT2D eigenvalue weighted by Crippen LogP contribution is 2.34. The summed E-state index contributed by atoms with van der Waals surface area (Å²) in [5.41, 5.74) is 3.70. The van der Waals surface area contributed by atoms with E-state index >= 15 is 0 Å². The van der Waals surface area contributed by atoms with Crippen molar-refractivity contribution in [3.05, 3.63) is 67.5 Å². The van der Waals surface area contributed by atoms with Gasteiger partial charge in [0.05, 0.1) is 5.71 Å². The van der Waals surface area contributed by atoms with E-state index in [1.54, 1.807) is 0 Å². The molecule has 1 aromatic heterocycles. The lowest BCUT2D eigenvalue weighted by Gasteiger charge is -2.49. The van der Waals surface area contributed by atoms with E-state index in [0.717, 1.165) is 65.8 Å². The summed E-state index contributed by atoms with van der Waals surface area (Å²) in [5, 5.41) is 4.51. The van der Waals surface area contributed by atoms with Crippen LogP contribution in [0, 0.1) is 19.8 Å². The van der Waals surface area contributed by atoms with E-state index in [9.17, 15) is 9.59 Å². The van der Waals surface area contributed by atoms with Crippen molar-refractivity contribution in [1.29, 1.82) is 0 Å². The van der Waals surface area contributed by atoms with E-state index in [2.05, 4.69) is 50.0 Å². The molecule has 7 nitrogen and oxygen atoms in total. The van der Waals surface area contributed by atoms with E-state index in [4.69, 9.17) is 4.84 Å². The molecule has 4 rings (SSSR count). The molecule has 0 spiro atoms. The van der Waals surface area contributed by atoms with Crippen LogP contribution in [0.1, 0.15) is 66.7 Å². The number of hydrogen-bond donors (Lipinski definition) is 1. The third kappa shape index (κ3) is 5.75. The van der Waals surface area contributed by atoms with Crippen molar-refractivity contribution in [1.82, 2.24) is 14.8 Å². The van der Waals surface area contributed by atoms with Crippen LogP contribution in [0.25, 0.3) is 0 Å². The van der Waals surface area contributed by atoms with Gasteiger partial charge in [0.2, 0.25) is 0 Å². The molecule has 0 bridgehead atoms. The summed E-state index contributed by atoms with van der Waals surface area (Å²) in [6.07, 6.45) is 3.86. The predicted molar refractivity (Wildman–Crippen MR) is 147 cm³/mol. The van der Waals surface area contributed by atoms with Crippen LogP contribution >= 0.6 is 15.9 Å². The summed E-state index contributed by atoms with van der Waals surface area (Å²) < 4.78 is 1.05. The first kappa shape index (κ1) is 26.6. The highest BCUT2D eigenvalue weighted by Gasteiger charge is 2.39. The summed E-state index contributed by atoms with van der Waals surface area (Å²) in [5.74, 6) is 0.205. The van der Waals surface area contributed by atoms with Crippen molar-refractivity contribution in [2.75, 3.05) is 32.8 Å². The Balaban J connectivity index is 1.38. The minimum absolute atomic E-state index is 0.0470. The van der Waals surface area contributed by atoms with E-state index in [0.29, 0.717) is 25.6 Å². The van der Waals surface area contributed by atoms with E-state index in [1.165, 1.54) is 0 Å². The number of pyridine rings is 1. The Kier molecular flexibility index (Phi) is 8.35. The lowest BCUT2D eigenvalue weighted by Crippen LogP contribution is -2.57. The second-order valence-electron chi connectivity index (χ2n) is 10.3. The maximum absolute atomic E-state index is 13.2. The predicted octanol–water partition coefficient (Wildman–Crippen LogP) is 4.90. The smallest absolute Gasteiger partial charge is 0.261 e. The number of oxime groups is 1. The molecule has 2 aliphatic rings. The first-order valence-electron chi connectivity index (χ1n) is 12.9. The van der Waals surface area contributed by atoms with Crippen LogP contribution in [0.4, 0.5) is 0 Å². The molecule has 8 heteroatoms. The zero-order valence-corrected chi connectivity index (χ0v) is 23.4. The van der Waals surface area contributed by atoms with Crippen LogP contribution < -0.4 is 5.56 Å². The molecule has 1 aromatic carbocycles. The van der Waals surface area contributed by atoms with Crippen LogP contribution in [0.15, 0.2) is 44.8 Å². The topological polar surface area (TPSA) is 78.0 Å². The summed E-state index contributed by atoms with van der Waals surface area (Å²) in [6, 6.07) is 10.2. The fraction of sp³-hybridized carbons (Fsp3) is 0.536. The highest BCUT2D eigenvalue weighted by molar-refractivity contribution is 9.10. The van der Waals surface area contributed by atoms with Crippen molar-refractivity contribution in [3.63, 3.8) is 0 Å². The third-order valence-corrected chi connectivity index (χ3v) is 8.31. The molecule has 1 N–H and O–H groups in total. The molecule has 2 aliphatic heterocycles. The number of aromatic amines is 1. The number of nitrogens with one attached hydrogen (secondary N) is 1. The van der Waals surface area contributed by atoms with Crippen molar-refractivity contribution in [3.8, 4) is 0 Å². The van der Waals surface area contributed by atoms with Gasteiger partial charge in [0.1, 0.15) is 12.2 Å². The third-order valence-electron chi connectivity index (χ3n) is 7.78. The number of nitrogens with zero attached hydrogens (tertiary/aromatic N) is 3. The van der Waals surface area contributed by atoms with Gasteiger partial charge >= 0.3 is 0 Å². The quantitative estimate of drug-likeness (QED) is 0.405. The molecule has 2 aromatic rings. The molecule has 2 saturated heterocycles. The largest absolute Gasteiger partial charge is 0.396 e. The lowest BCUT2D eigenvalue weighted by atomic mass is 9.82. The Morgan fingerprint density at radius 1 is 1.14 bits per heavy atom. The van der Waals surface area contributed by atoms with Crippen molar-refractivity contribution < 1.29 is 9.63 Å². The molecule has 1 amide bonds. The number of likely N-dealkylation sites (tertiary alicyclic amines) is 2. The molecule has 2 fully saturated rings. The van der Waals surface area contributed by atoms with Gasteiger partial charge in [-0.25, -0.2) is 0 Å². The van der Waals surface area contributed by atoms with Gasteiger partial charge in [-0.15, -0.1) is 0 Å². The van der Waals surface area contributed by atoms with Crippen molar-refractivity contribution in [2.45, 2.75) is 58.9 Å². The number of amides is 1. The number of H-pyrrole nitrogens is 1. The average molecular weight is 558 g/mol. The monoisotopic (exact) mass is 556 g/mol. The molecule has 0 atom stereocenters. The van der Waals surface area contributed by atoms with Gasteiger partial charge in [0.15, 0.2) is 0 Å².